The molecule has 78 valence electrons. The number of aromatic nitrogens is 3. The van der Waals surface area contributed by atoms with E-state index in [1.807, 2.05) is 13.1 Å². The maximum atomic E-state index is 5.29. The van der Waals surface area contributed by atoms with Crippen LogP contribution in [-0.4, -0.2) is 14.8 Å². The number of rotatable bonds is 1. The summed E-state index contributed by atoms with van der Waals surface area (Å²) in [6.45, 7) is 4.84. The molecule has 1 N–H and O–H groups in total. The highest BCUT2D eigenvalue weighted by molar-refractivity contribution is 5.27. The molecule has 15 heavy (non-hydrogen) atoms. The van der Waals surface area contributed by atoms with E-state index in [4.69, 9.17) is 4.42 Å². The van der Waals surface area contributed by atoms with Gasteiger partial charge >= 0.3 is 6.01 Å². The van der Waals surface area contributed by atoms with Crippen molar-refractivity contribution in [3.8, 4) is 6.01 Å². The maximum absolute atomic E-state index is 5.29. The highest BCUT2D eigenvalue weighted by atomic mass is 16.4. The fourth-order valence-corrected chi connectivity index (χ4v) is 1.83. The van der Waals surface area contributed by atoms with Gasteiger partial charge in [-0.1, -0.05) is 0 Å². The summed E-state index contributed by atoms with van der Waals surface area (Å²) in [6, 6.07) is 0.902. The Morgan fingerprint density at radius 3 is 3.13 bits per heavy atom. The van der Waals surface area contributed by atoms with Crippen LogP contribution in [0.3, 0.4) is 0 Å². The third-order valence-electron chi connectivity index (χ3n) is 2.67. The van der Waals surface area contributed by atoms with E-state index in [-0.39, 0.29) is 0 Å². The molecule has 0 spiro atoms. The molecule has 2 aromatic rings. The van der Waals surface area contributed by atoms with E-state index >= 15 is 0 Å². The predicted octanol–water partition coefficient (Wildman–Crippen LogP) is 1.33. The lowest BCUT2D eigenvalue weighted by atomic mass is 10.2. The number of nitrogens with one attached hydrogen (secondary N) is 1. The van der Waals surface area contributed by atoms with Crippen LogP contribution in [0.25, 0.3) is 6.01 Å². The zero-order valence-electron chi connectivity index (χ0n) is 8.69. The standard InChI is InChI=1S/C10H12N4O/c1-6-5-15-10(12-6)14-4-8-7(2)11-3-9(8)13-14/h4-5,7,11H,3H2,1-2H3. The smallest absolute Gasteiger partial charge is 0.322 e. The van der Waals surface area contributed by atoms with Gasteiger partial charge in [-0.05, 0) is 13.8 Å². The molecule has 1 unspecified atom stereocenters. The first-order chi connectivity index (χ1) is 7.24. The van der Waals surface area contributed by atoms with Crippen molar-refractivity contribution in [2.45, 2.75) is 26.4 Å². The molecule has 0 bridgehead atoms. The van der Waals surface area contributed by atoms with E-state index in [9.17, 15) is 0 Å². The quantitative estimate of drug-likeness (QED) is 0.761. The van der Waals surface area contributed by atoms with Crippen molar-refractivity contribution >= 4 is 0 Å². The molecule has 0 aliphatic carbocycles. The summed E-state index contributed by atoms with van der Waals surface area (Å²) in [5, 5.41) is 7.74. The van der Waals surface area contributed by atoms with Crippen molar-refractivity contribution in [2.75, 3.05) is 0 Å². The van der Waals surface area contributed by atoms with Crippen LogP contribution < -0.4 is 5.32 Å². The van der Waals surface area contributed by atoms with Gasteiger partial charge in [-0.25, -0.2) is 0 Å². The van der Waals surface area contributed by atoms with Gasteiger partial charge in [-0.2, -0.15) is 14.8 Å². The number of aryl methyl sites for hydroxylation is 1. The van der Waals surface area contributed by atoms with Crippen molar-refractivity contribution in [3.63, 3.8) is 0 Å². The molecular weight excluding hydrogens is 192 g/mol. The number of hydrogen-bond acceptors (Lipinski definition) is 4. The Morgan fingerprint density at radius 2 is 2.47 bits per heavy atom. The second-order valence-corrected chi connectivity index (χ2v) is 3.85. The Bertz CT molecular complexity index is 499. The molecule has 0 radical (unpaired) electrons. The molecule has 3 rings (SSSR count). The van der Waals surface area contributed by atoms with Crippen LogP contribution >= 0.6 is 0 Å². The van der Waals surface area contributed by atoms with Crippen LogP contribution in [0.4, 0.5) is 0 Å². The van der Waals surface area contributed by atoms with E-state index in [0.717, 1.165) is 17.9 Å². The van der Waals surface area contributed by atoms with Crippen molar-refractivity contribution in [2.24, 2.45) is 0 Å². The summed E-state index contributed by atoms with van der Waals surface area (Å²) in [7, 11) is 0. The lowest BCUT2D eigenvalue weighted by molar-refractivity contribution is 0.504. The summed E-state index contributed by atoms with van der Waals surface area (Å²) >= 11 is 0. The molecule has 3 heterocycles. The van der Waals surface area contributed by atoms with Gasteiger partial charge < -0.3 is 9.73 Å². The Morgan fingerprint density at radius 1 is 1.60 bits per heavy atom. The third-order valence-corrected chi connectivity index (χ3v) is 2.67. The Labute approximate surface area is 87.1 Å². The average molecular weight is 204 g/mol. The molecule has 0 amide bonds. The van der Waals surface area contributed by atoms with E-state index in [0.29, 0.717) is 12.1 Å². The van der Waals surface area contributed by atoms with Crippen molar-refractivity contribution in [1.29, 1.82) is 0 Å². The second-order valence-electron chi connectivity index (χ2n) is 3.85. The third kappa shape index (κ3) is 1.27. The zero-order chi connectivity index (χ0) is 10.4. The molecular formula is C10H12N4O. The molecule has 0 aromatic carbocycles. The van der Waals surface area contributed by atoms with Crippen LogP contribution in [0, 0.1) is 6.92 Å². The summed E-state index contributed by atoms with van der Waals surface area (Å²) in [5.74, 6) is 0. The first kappa shape index (κ1) is 8.67. The lowest BCUT2D eigenvalue weighted by Gasteiger charge is -2.00. The zero-order valence-corrected chi connectivity index (χ0v) is 8.69. The average Bonchev–Trinajstić information content (AvgIpc) is 2.84. The Balaban J connectivity index is 2.04. The molecule has 1 aliphatic heterocycles. The first-order valence-electron chi connectivity index (χ1n) is 4.98. The lowest BCUT2D eigenvalue weighted by Crippen LogP contribution is -2.09. The molecule has 1 aliphatic rings. The number of oxazole rings is 1. The first-order valence-corrected chi connectivity index (χ1v) is 4.98. The van der Waals surface area contributed by atoms with Crippen LogP contribution in [0.2, 0.25) is 0 Å². The fourth-order valence-electron chi connectivity index (χ4n) is 1.83. The van der Waals surface area contributed by atoms with E-state index in [1.165, 1.54) is 5.56 Å². The van der Waals surface area contributed by atoms with E-state index in [2.05, 4.69) is 22.3 Å². The highest BCUT2D eigenvalue weighted by Gasteiger charge is 2.22. The van der Waals surface area contributed by atoms with Crippen LogP contribution in [-0.2, 0) is 6.54 Å². The fraction of sp³-hybridized carbons (Fsp3) is 0.400. The van der Waals surface area contributed by atoms with E-state index < -0.39 is 0 Å². The summed E-state index contributed by atoms with van der Waals surface area (Å²) in [4.78, 5) is 4.23. The molecule has 1 atom stereocenters. The normalized spacial score (nSPS) is 19.5. The van der Waals surface area contributed by atoms with Gasteiger partial charge in [0.2, 0.25) is 0 Å². The number of fused-ring (bicyclic) bond motifs is 1. The summed E-state index contributed by atoms with van der Waals surface area (Å²) in [6.07, 6.45) is 3.61. The number of hydrogen-bond donors (Lipinski definition) is 1. The van der Waals surface area contributed by atoms with Crippen LogP contribution in [0.1, 0.15) is 29.9 Å². The van der Waals surface area contributed by atoms with Gasteiger partial charge in [0.25, 0.3) is 0 Å². The predicted molar refractivity (Wildman–Crippen MR) is 53.6 cm³/mol. The minimum Gasteiger partial charge on any atom is -0.430 e. The van der Waals surface area contributed by atoms with Gasteiger partial charge in [0, 0.05) is 24.3 Å². The van der Waals surface area contributed by atoms with Crippen LogP contribution in [0.5, 0.6) is 0 Å². The van der Waals surface area contributed by atoms with Gasteiger partial charge in [0.05, 0.1) is 11.4 Å². The van der Waals surface area contributed by atoms with Crippen molar-refractivity contribution in [3.05, 3.63) is 29.4 Å². The molecule has 0 saturated carbocycles. The molecule has 2 aromatic heterocycles. The minimum absolute atomic E-state index is 0.366. The Kier molecular flexibility index (Phi) is 1.70. The highest BCUT2D eigenvalue weighted by Crippen LogP contribution is 2.24. The number of nitrogens with zero attached hydrogens (tertiary/aromatic N) is 3. The summed E-state index contributed by atoms with van der Waals surface area (Å²) < 4.78 is 6.99. The van der Waals surface area contributed by atoms with E-state index in [1.54, 1.807) is 10.9 Å². The SMILES string of the molecule is Cc1coc(-n2cc3c(n2)CNC3C)n1. The van der Waals surface area contributed by atoms with Gasteiger partial charge in [0.15, 0.2) is 0 Å². The van der Waals surface area contributed by atoms with Crippen LogP contribution in [0.15, 0.2) is 16.9 Å². The van der Waals surface area contributed by atoms with Gasteiger partial charge in [-0.3, -0.25) is 0 Å². The minimum atomic E-state index is 0.366. The van der Waals surface area contributed by atoms with Crippen molar-refractivity contribution < 1.29 is 4.42 Å². The summed E-state index contributed by atoms with van der Waals surface area (Å²) in [5.41, 5.74) is 3.18. The largest absolute Gasteiger partial charge is 0.430 e. The molecule has 0 saturated heterocycles. The molecule has 0 fully saturated rings. The topological polar surface area (TPSA) is 55.9 Å². The van der Waals surface area contributed by atoms with Gasteiger partial charge in [0.1, 0.15) is 6.26 Å². The second kappa shape index (κ2) is 2.93. The molecule has 5 heteroatoms. The van der Waals surface area contributed by atoms with Gasteiger partial charge in [-0.15, -0.1) is 0 Å². The van der Waals surface area contributed by atoms with Crippen molar-refractivity contribution in [1.82, 2.24) is 20.1 Å². The molecule has 5 nitrogen and oxygen atoms in total. The Hall–Kier alpha value is -1.62. The monoisotopic (exact) mass is 204 g/mol. The maximum Gasteiger partial charge on any atom is 0.322 e.